The van der Waals surface area contributed by atoms with E-state index >= 15 is 0 Å². The number of hydrogen-bond acceptors (Lipinski definition) is 7. The van der Waals surface area contributed by atoms with E-state index in [0.717, 1.165) is 11.3 Å². The Balaban J connectivity index is 1.82. The number of nitrogens with one attached hydrogen (secondary N) is 2. The molecule has 1 aliphatic heterocycles. The fraction of sp³-hybridized carbons (Fsp3) is 0.192. The summed E-state index contributed by atoms with van der Waals surface area (Å²) >= 11 is 7.88. The number of ketones is 1. The van der Waals surface area contributed by atoms with Gasteiger partial charge in [-0.1, -0.05) is 65.8 Å². The van der Waals surface area contributed by atoms with Crippen molar-refractivity contribution < 1.29 is 27.9 Å². The normalized spacial score (nSPS) is 21.4. The average Bonchev–Trinajstić information content (AvgIpc) is 3.42. The SMILES string of the molecule is N#CC1=C(SCC(=O)Nc2ccccc2)N[C@@](O)(C(F)(F)F)[C@H](C(=O)c2cccs2)[C@@H]1c1ccccc1Cl. The highest BCUT2D eigenvalue weighted by molar-refractivity contribution is 8.03. The molecule has 12 heteroatoms. The maximum absolute atomic E-state index is 14.6. The molecule has 0 radical (unpaired) electrons. The van der Waals surface area contributed by atoms with Crippen molar-refractivity contribution in [2.45, 2.75) is 17.8 Å². The number of alkyl halides is 3. The van der Waals surface area contributed by atoms with E-state index in [1.54, 1.807) is 36.4 Å². The van der Waals surface area contributed by atoms with Crippen LogP contribution in [0.25, 0.3) is 0 Å². The number of thiophene rings is 1. The molecule has 1 aromatic heterocycles. The van der Waals surface area contributed by atoms with Crippen LogP contribution in [0.5, 0.6) is 0 Å². The second kappa shape index (κ2) is 11.2. The highest BCUT2D eigenvalue weighted by Crippen LogP contribution is 2.52. The molecule has 0 saturated heterocycles. The van der Waals surface area contributed by atoms with Gasteiger partial charge in [0.1, 0.15) is 0 Å². The first-order chi connectivity index (χ1) is 18.1. The summed E-state index contributed by atoms with van der Waals surface area (Å²) in [5, 5.41) is 27.1. The number of carbonyl (C=O) groups is 2. The Kier molecular flexibility index (Phi) is 8.18. The third-order valence-corrected chi connectivity index (χ3v) is 8.13. The van der Waals surface area contributed by atoms with Gasteiger partial charge in [-0.15, -0.1) is 11.3 Å². The fourth-order valence-corrected chi connectivity index (χ4v) is 6.04. The number of halogens is 4. The van der Waals surface area contributed by atoms with Gasteiger partial charge in [-0.25, -0.2) is 0 Å². The van der Waals surface area contributed by atoms with E-state index in [9.17, 15) is 33.1 Å². The van der Waals surface area contributed by atoms with Crippen LogP contribution in [0.2, 0.25) is 5.02 Å². The molecule has 0 bridgehead atoms. The Morgan fingerprint density at radius 3 is 2.42 bits per heavy atom. The van der Waals surface area contributed by atoms with Crippen molar-refractivity contribution in [2.75, 3.05) is 11.1 Å². The number of Topliss-reactive ketones (excluding diaryl/α,β-unsaturated/α-hetero) is 1. The standard InChI is InChI=1S/C26H19ClF3N3O3S2/c27-18-10-5-4-9-16(18)21-17(13-31)24(38-14-20(34)32-15-7-2-1-3-8-15)33-25(36,26(28,29)30)22(21)23(35)19-11-6-12-37-19/h1-12,21-22,33,36H,14H2,(H,32,34)/t21-,22+,25+/m1/s1. The van der Waals surface area contributed by atoms with Gasteiger partial charge in [0.15, 0.2) is 5.78 Å². The lowest BCUT2D eigenvalue weighted by Gasteiger charge is -2.45. The van der Waals surface area contributed by atoms with Crippen molar-refractivity contribution in [1.29, 1.82) is 5.26 Å². The molecule has 0 fully saturated rings. The van der Waals surface area contributed by atoms with E-state index < -0.39 is 35.4 Å². The summed E-state index contributed by atoms with van der Waals surface area (Å²) in [7, 11) is 0. The Hall–Kier alpha value is -3.30. The second-order valence-electron chi connectivity index (χ2n) is 8.27. The monoisotopic (exact) mass is 577 g/mol. The zero-order valence-corrected chi connectivity index (χ0v) is 21.7. The molecule has 0 aliphatic carbocycles. The van der Waals surface area contributed by atoms with Crippen molar-refractivity contribution >= 4 is 52.1 Å². The minimum Gasteiger partial charge on any atom is -0.363 e. The topological polar surface area (TPSA) is 102 Å². The number of aliphatic hydroxyl groups is 1. The molecule has 1 amide bonds. The Bertz CT molecular complexity index is 1410. The lowest BCUT2D eigenvalue weighted by molar-refractivity contribution is -0.285. The van der Waals surface area contributed by atoms with Gasteiger partial charge in [0, 0.05) is 16.6 Å². The van der Waals surface area contributed by atoms with E-state index in [2.05, 4.69) is 5.32 Å². The van der Waals surface area contributed by atoms with Crippen LogP contribution in [0.15, 0.2) is 82.7 Å². The van der Waals surface area contributed by atoms with Crippen molar-refractivity contribution in [3.05, 3.63) is 98.2 Å². The number of anilines is 1. The van der Waals surface area contributed by atoms with Crippen molar-refractivity contribution in [2.24, 2.45) is 5.92 Å². The fourth-order valence-electron chi connectivity index (χ4n) is 4.18. The van der Waals surface area contributed by atoms with Crippen molar-refractivity contribution in [3.63, 3.8) is 0 Å². The van der Waals surface area contributed by atoms with E-state index in [4.69, 9.17) is 11.6 Å². The molecule has 6 nitrogen and oxygen atoms in total. The van der Waals surface area contributed by atoms with Gasteiger partial charge in [-0.05, 0) is 35.2 Å². The summed E-state index contributed by atoms with van der Waals surface area (Å²) in [5.41, 5.74) is -3.47. The molecule has 3 N–H and O–H groups in total. The predicted molar refractivity (Wildman–Crippen MR) is 141 cm³/mol. The van der Waals surface area contributed by atoms with Crippen LogP contribution in [-0.2, 0) is 4.79 Å². The maximum atomic E-state index is 14.6. The number of rotatable bonds is 7. The maximum Gasteiger partial charge on any atom is 0.437 e. The minimum atomic E-state index is -5.34. The summed E-state index contributed by atoms with van der Waals surface area (Å²) in [6.45, 7) is 0. The van der Waals surface area contributed by atoms with E-state index in [1.165, 1.54) is 35.7 Å². The van der Waals surface area contributed by atoms with Crippen LogP contribution in [0.3, 0.4) is 0 Å². The molecule has 0 unspecified atom stereocenters. The van der Waals surface area contributed by atoms with Gasteiger partial charge in [0.2, 0.25) is 11.6 Å². The number of amides is 1. The zero-order chi connectivity index (χ0) is 27.5. The number of para-hydroxylation sites is 1. The highest BCUT2D eigenvalue weighted by atomic mass is 35.5. The van der Waals surface area contributed by atoms with E-state index in [1.807, 2.05) is 11.4 Å². The highest BCUT2D eigenvalue weighted by Gasteiger charge is 2.66. The summed E-state index contributed by atoms with van der Waals surface area (Å²) in [6, 6.07) is 19.1. The van der Waals surface area contributed by atoms with Crippen LogP contribution in [0, 0.1) is 17.2 Å². The molecule has 3 aromatic rings. The molecule has 2 aromatic carbocycles. The number of thioether (sulfide) groups is 1. The largest absolute Gasteiger partial charge is 0.437 e. The summed E-state index contributed by atoms with van der Waals surface area (Å²) in [4.78, 5) is 26.0. The quantitative estimate of drug-likeness (QED) is 0.300. The van der Waals surface area contributed by atoms with Gasteiger partial charge in [-0.2, -0.15) is 18.4 Å². The lowest BCUT2D eigenvalue weighted by Crippen LogP contribution is -2.66. The molecule has 38 heavy (non-hydrogen) atoms. The summed E-state index contributed by atoms with van der Waals surface area (Å²) in [6.07, 6.45) is -5.34. The zero-order valence-electron chi connectivity index (χ0n) is 19.3. The molecule has 0 spiro atoms. The van der Waals surface area contributed by atoms with E-state index in [-0.39, 0.29) is 31.8 Å². The first-order valence-electron chi connectivity index (χ1n) is 11.1. The molecule has 3 atom stereocenters. The number of benzene rings is 2. The van der Waals surface area contributed by atoms with Gasteiger partial charge < -0.3 is 15.7 Å². The summed E-state index contributed by atoms with van der Waals surface area (Å²) < 4.78 is 43.7. The molecular weight excluding hydrogens is 559 g/mol. The lowest BCUT2D eigenvalue weighted by atomic mass is 9.70. The number of carbonyl (C=O) groups excluding carboxylic acids is 2. The van der Waals surface area contributed by atoms with E-state index in [0.29, 0.717) is 17.4 Å². The summed E-state index contributed by atoms with van der Waals surface area (Å²) in [5.74, 6) is -5.67. The first-order valence-corrected chi connectivity index (χ1v) is 13.3. The number of nitriles is 1. The Morgan fingerprint density at radius 1 is 1.13 bits per heavy atom. The Labute approximate surface area is 229 Å². The molecule has 2 heterocycles. The third-order valence-electron chi connectivity index (χ3n) is 5.89. The van der Waals surface area contributed by atoms with Gasteiger partial charge in [-0.3, -0.25) is 9.59 Å². The third kappa shape index (κ3) is 5.44. The van der Waals surface area contributed by atoms with Gasteiger partial charge >= 0.3 is 6.18 Å². The Morgan fingerprint density at radius 2 is 1.82 bits per heavy atom. The molecule has 4 rings (SSSR count). The predicted octanol–water partition coefficient (Wildman–Crippen LogP) is 5.95. The number of nitrogens with zero attached hydrogens (tertiary/aromatic N) is 1. The van der Waals surface area contributed by atoms with Crippen molar-refractivity contribution in [3.8, 4) is 6.07 Å². The van der Waals surface area contributed by atoms with Crippen LogP contribution >= 0.6 is 34.7 Å². The van der Waals surface area contributed by atoms with Gasteiger partial charge in [0.05, 0.1) is 33.2 Å². The van der Waals surface area contributed by atoms with Crippen LogP contribution in [0.4, 0.5) is 18.9 Å². The van der Waals surface area contributed by atoms with Crippen molar-refractivity contribution in [1.82, 2.24) is 5.32 Å². The van der Waals surface area contributed by atoms with Crippen LogP contribution < -0.4 is 10.6 Å². The number of hydrogen-bond donors (Lipinski definition) is 3. The average molecular weight is 578 g/mol. The molecule has 0 saturated carbocycles. The minimum absolute atomic E-state index is 0.0202. The smallest absolute Gasteiger partial charge is 0.363 e. The molecule has 1 aliphatic rings. The molecular formula is C26H19ClF3N3O3S2. The van der Waals surface area contributed by atoms with Gasteiger partial charge in [0.25, 0.3) is 0 Å². The second-order valence-corrected chi connectivity index (χ2v) is 10.6. The first kappa shape index (κ1) is 27.7. The molecule has 196 valence electrons. The van der Waals surface area contributed by atoms with Crippen LogP contribution in [-0.4, -0.2) is 34.5 Å². The van der Waals surface area contributed by atoms with Crippen LogP contribution in [0.1, 0.15) is 21.2 Å². The number of allylic oxidation sites excluding steroid dienone is 1.